The Morgan fingerprint density at radius 3 is 1.63 bits per heavy atom. The highest BCUT2D eigenvalue weighted by Gasteiger charge is 2.45. The van der Waals surface area contributed by atoms with Gasteiger partial charge in [-0.25, -0.2) is 19.2 Å². The number of alkyl carbamates (subject to hydrolysis) is 1. The molecule has 45 heteroatoms. The highest BCUT2D eigenvalue weighted by atomic mass is 19.4. The molecule has 0 aliphatic carbocycles. The summed E-state index contributed by atoms with van der Waals surface area (Å²) in [6.45, 7) is 16.8. The van der Waals surface area contributed by atoms with Gasteiger partial charge in [-0.05, 0) is 102 Å². The third kappa shape index (κ3) is 38.6. The highest BCUT2D eigenvalue weighted by molar-refractivity contribution is 6.00. The number of ether oxygens (including phenoxy) is 2. The molecular weight excluding hydrogens is 1510 g/mol. The number of aliphatic imine (C=N–C) groups is 1. The van der Waals surface area contributed by atoms with Crippen LogP contribution in [0.4, 0.5) is 31.1 Å². The van der Waals surface area contributed by atoms with Crippen molar-refractivity contribution in [2.75, 3.05) is 26.2 Å². The minimum atomic E-state index is -5.08. The fourth-order valence-electron chi connectivity index (χ4n) is 9.76. The number of halogens is 6. The first kappa shape index (κ1) is 102. The Balaban J connectivity index is 0.00000798. The van der Waals surface area contributed by atoms with Crippen LogP contribution in [0, 0.1) is 23.7 Å². The fraction of sp³-hybridized carbons (Fsp3) is 0.672. The molecule has 1 aromatic rings. The minimum Gasteiger partial charge on any atom is -0.475 e. The molecule has 25 N–H and O–H groups in total. The Morgan fingerprint density at radius 1 is 0.643 bits per heavy atom. The Morgan fingerprint density at radius 2 is 1.15 bits per heavy atom. The molecule has 2 rings (SSSR count). The van der Waals surface area contributed by atoms with E-state index < -0.39 is 223 Å². The molecule has 0 radical (unpaired) electrons. The SMILES string of the molecule is CC[C@H](C)C1NC(=O)[C@@H](CCCN=C(N)N)NC(=O)[C@H](CC(C)C)NC(=O)[C@H]([C@H](O)C(C)C)NC(=O)[C@@H](NC(=O)[C@H](CC(C)C)NC(=O)[C@H](N)CCCCNC(=O)OC(C)(C)C)[C@@H](c2ccccc2)OC(=O)[C@H](CO)NC(=O)[C@H]([C@H](O)C(N)=O)NC(=O)CNC(=O)C([C@H](C)O)NC1=O.O=C(O)C(F)(F)F.O=C(O)C(F)(F)F. The van der Waals surface area contributed by atoms with Crippen LogP contribution >= 0.6 is 0 Å². The lowest BCUT2D eigenvalue weighted by molar-refractivity contribution is -0.193. The lowest BCUT2D eigenvalue weighted by Gasteiger charge is -2.33. The van der Waals surface area contributed by atoms with Crippen LogP contribution < -0.4 is 81.4 Å². The number of unbranched alkanes of at least 4 members (excludes halogenated alkanes) is 1. The summed E-state index contributed by atoms with van der Waals surface area (Å²) in [5.74, 6) is -23.1. The lowest BCUT2D eigenvalue weighted by atomic mass is 9.95. The number of amides is 12. The number of alkyl halides is 6. The number of hydrogen-bond donors (Lipinski definition) is 21. The molecular formula is C67H108F6N16O23. The van der Waals surface area contributed by atoms with Gasteiger partial charge in [-0.2, -0.15) is 26.3 Å². The number of guanidine groups is 1. The number of nitrogens with zero attached hydrogens (tertiary/aromatic N) is 1. The van der Waals surface area contributed by atoms with E-state index in [-0.39, 0.29) is 69.1 Å². The van der Waals surface area contributed by atoms with E-state index in [2.05, 4.69) is 52.8 Å². The molecule has 1 saturated heterocycles. The zero-order chi connectivity index (χ0) is 86.6. The molecule has 1 aliphatic rings. The summed E-state index contributed by atoms with van der Waals surface area (Å²) in [7, 11) is 0. The van der Waals surface area contributed by atoms with Gasteiger partial charge < -0.3 is 122 Å². The van der Waals surface area contributed by atoms with Crippen LogP contribution in [-0.4, -0.2) is 249 Å². The number of cyclic esters (lactones) is 1. The van der Waals surface area contributed by atoms with Gasteiger partial charge in [-0.1, -0.05) is 92.1 Å². The predicted octanol–water partition coefficient (Wildman–Crippen LogP) is -3.52. The van der Waals surface area contributed by atoms with E-state index in [0.29, 0.717) is 12.8 Å². The quantitative estimate of drug-likeness (QED) is 0.0141. The van der Waals surface area contributed by atoms with E-state index in [4.69, 9.17) is 52.2 Å². The number of nitrogens with two attached hydrogens (primary N) is 4. The first-order valence-electron chi connectivity index (χ1n) is 35.2. The van der Waals surface area contributed by atoms with Gasteiger partial charge in [0.1, 0.15) is 53.9 Å². The monoisotopic (exact) mass is 1620 g/mol. The summed E-state index contributed by atoms with van der Waals surface area (Å²) in [6.07, 6.45) is -18.5. The number of hydrogen-bond acceptors (Lipinski definition) is 23. The largest absolute Gasteiger partial charge is 0.490 e. The van der Waals surface area contributed by atoms with Crippen molar-refractivity contribution in [1.82, 2.24) is 58.5 Å². The van der Waals surface area contributed by atoms with Crippen LogP contribution in [0.2, 0.25) is 0 Å². The minimum absolute atomic E-state index is 0.0326. The van der Waals surface area contributed by atoms with E-state index >= 15 is 4.79 Å². The Hall–Kier alpha value is -10.3. The van der Waals surface area contributed by atoms with Gasteiger partial charge in [0.2, 0.25) is 65.0 Å². The highest BCUT2D eigenvalue weighted by Crippen LogP contribution is 2.25. The van der Waals surface area contributed by atoms with Crippen molar-refractivity contribution in [2.45, 2.75) is 237 Å². The molecule has 0 bridgehead atoms. The van der Waals surface area contributed by atoms with E-state index in [0.717, 1.165) is 6.92 Å². The lowest BCUT2D eigenvalue weighted by Crippen LogP contribution is -2.64. The maximum absolute atomic E-state index is 15.5. The summed E-state index contributed by atoms with van der Waals surface area (Å²) < 4.78 is 74.7. The average Bonchev–Trinajstić information content (AvgIpc) is 0.805. The summed E-state index contributed by atoms with van der Waals surface area (Å²) in [6, 6.07) is -11.2. The van der Waals surface area contributed by atoms with Gasteiger partial charge in [0.05, 0.1) is 31.4 Å². The summed E-state index contributed by atoms with van der Waals surface area (Å²) in [5.41, 5.74) is 21.9. The van der Waals surface area contributed by atoms with E-state index in [1.165, 1.54) is 44.2 Å². The van der Waals surface area contributed by atoms with Crippen LogP contribution in [0.1, 0.15) is 146 Å². The zero-order valence-electron chi connectivity index (χ0n) is 63.9. The Kier molecular flexibility index (Phi) is 44.0. The van der Waals surface area contributed by atoms with Crippen LogP contribution in [0.15, 0.2) is 35.3 Å². The van der Waals surface area contributed by atoms with E-state index in [9.17, 15) is 104 Å². The van der Waals surface area contributed by atoms with E-state index in [1.54, 1.807) is 62.3 Å². The van der Waals surface area contributed by atoms with Crippen LogP contribution in [-0.2, 0) is 76.6 Å². The number of benzene rings is 1. The van der Waals surface area contributed by atoms with Crippen molar-refractivity contribution >= 4 is 94.9 Å². The van der Waals surface area contributed by atoms with Crippen molar-refractivity contribution in [3.8, 4) is 0 Å². The molecule has 12 amide bonds. The van der Waals surface area contributed by atoms with Crippen molar-refractivity contribution in [3.05, 3.63) is 35.9 Å². The number of carboxylic acids is 2. The van der Waals surface area contributed by atoms with Crippen molar-refractivity contribution < 1.29 is 138 Å². The number of primary amides is 1. The molecule has 1 heterocycles. The maximum Gasteiger partial charge on any atom is 0.490 e. The first-order valence-corrected chi connectivity index (χ1v) is 35.2. The number of aliphatic hydroxyl groups excluding tert-OH is 4. The summed E-state index contributed by atoms with van der Waals surface area (Å²) in [4.78, 5) is 205. The second-order valence-corrected chi connectivity index (χ2v) is 28.0. The Bertz CT molecular complexity index is 3320. The Labute approximate surface area is 640 Å². The van der Waals surface area contributed by atoms with Crippen LogP contribution in [0.3, 0.4) is 0 Å². The van der Waals surface area contributed by atoms with Crippen LogP contribution in [0.25, 0.3) is 0 Å². The third-order valence-electron chi connectivity index (χ3n) is 15.8. The zero-order valence-corrected chi connectivity index (χ0v) is 63.9. The number of carbonyl (C=O) groups is 15. The molecule has 1 aliphatic heterocycles. The predicted molar refractivity (Wildman–Crippen MR) is 382 cm³/mol. The molecule has 0 aromatic heterocycles. The summed E-state index contributed by atoms with van der Waals surface area (Å²) >= 11 is 0. The molecule has 0 saturated carbocycles. The van der Waals surface area contributed by atoms with Gasteiger partial charge in [0.25, 0.3) is 0 Å². The number of esters is 1. The van der Waals surface area contributed by atoms with Crippen molar-refractivity contribution in [2.24, 2.45) is 51.6 Å². The van der Waals surface area contributed by atoms with Gasteiger partial charge >= 0.3 is 36.4 Å². The number of aliphatic carboxylic acids is 2. The smallest absolute Gasteiger partial charge is 0.475 e. The molecule has 1 aromatic carbocycles. The van der Waals surface area contributed by atoms with Crippen molar-refractivity contribution in [1.29, 1.82) is 0 Å². The van der Waals surface area contributed by atoms with Gasteiger partial charge in [0, 0.05) is 13.1 Å². The fourth-order valence-corrected chi connectivity index (χ4v) is 9.76. The standard InChI is InChI=1S/C63H106N16O19.2C2HF3O2/c1-13-33(8)42-56(91)77-43(34(9)81)55(90)70-28-41(82)75-45(48(84)50(65)85)58(93)74-40(29-80)60(95)97-49(35-20-15-14-16-21-35)46(79-54(89)39(27-31(4)5)72-51(86)36(64)22-17-18-24-69-62(96)98-63(10,11)12)59(94)78-44(47(83)32(6)7)57(92)73-38(26-30(2)3)53(88)71-37(52(87)76-42)23-19-25-68-61(66)67;2*3-2(4,5)1(6)7/h14-16,20-21,30-34,36-40,42-49,80-81,83-84H,13,17-19,22-29,64H2,1-12H3,(H2,65,85)(H,69,96)(H,70,90)(H,71,88)(H,72,86)(H,73,92)(H,74,93)(H,75,82)(H,76,87)(H,77,91)(H,78,94)(H,79,89)(H4,66,67,68);2*(H,6,7)/t33-,34-,36+,37+,38-,39-,40-,42?,43?,44-,45-,46-,47+,48-,49+;;/m0../s1. The number of rotatable bonds is 26. The first-order chi connectivity index (χ1) is 51.6. The number of carbonyl (C=O) groups excluding carboxylic acids is 13. The summed E-state index contributed by atoms with van der Waals surface area (Å²) in [5, 5.41) is 85.1. The van der Waals surface area contributed by atoms with Gasteiger partial charge in [-0.15, -0.1) is 0 Å². The van der Waals surface area contributed by atoms with Gasteiger partial charge in [0.15, 0.2) is 24.2 Å². The van der Waals surface area contributed by atoms with Crippen molar-refractivity contribution in [3.63, 3.8) is 0 Å². The van der Waals surface area contributed by atoms with Gasteiger partial charge in [-0.3, -0.25) is 57.7 Å². The second-order valence-electron chi connectivity index (χ2n) is 28.0. The third-order valence-corrected chi connectivity index (χ3v) is 15.8. The van der Waals surface area contributed by atoms with Crippen LogP contribution in [0.5, 0.6) is 0 Å². The normalized spacial score (nSPS) is 22.1. The molecule has 2 unspecified atom stereocenters. The van der Waals surface area contributed by atoms with E-state index in [1.807, 2.05) is 10.6 Å². The molecule has 112 heavy (non-hydrogen) atoms. The molecule has 39 nitrogen and oxygen atoms in total. The number of nitrogens with one attached hydrogen (secondary N) is 11. The second kappa shape index (κ2) is 48.5. The number of carboxylic acid groups (broad SMARTS) is 2. The molecule has 1 fully saturated rings. The molecule has 15 atom stereocenters. The number of aliphatic hydroxyl groups is 4. The maximum atomic E-state index is 15.5. The average molecular weight is 1620 g/mol. The molecule has 636 valence electrons. The topological polar surface area (TPSA) is 645 Å². The molecule has 0 spiro atoms.